The van der Waals surface area contributed by atoms with Crippen LogP contribution in [0.15, 0.2) is 41.2 Å². The molecule has 2 amide bonds. The Morgan fingerprint density at radius 3 is 2.63 bits per heavy atom. The second kappa shape index (κ2) is 10.3. The molecule has 4 atom stereocenters. The van der Waals surface area contributed by atoms with E-state index in [4.69, 9.17) is 0 Å². The van der Waals surface area contributed by atoms with Crippen LogP contribution in [0.1, 0.15) is 28.5 Å². The van der Waals surface area contributed by atoms with E-state index in [0.29, 0.717) is 29.8 Å². The number of rotatable bonds is 8. The lowest BCUT2D eigenvalue weighted by Gasteiger charge is -2.28. The van der Waals surface area contributed by atoms with E-state index in [9.17, 15) is 19.5 Å². The van der Waals surface area contributed by atoms with Crippen molar-refractivity contribution in [1.29, 1.82) is 0 Å². The van der Waals surface area contributed by atoms with Crippen LogP contribution in [-0.4, -0.2) is 85.2 Å². The van der Waals surface area contributed by atoms with Gasteiger partial charge in [-0.1, -0.05) is 12.1 Å². The molecule has 2 aliphatic rings. The lowest BCUT2D eigenvalue weighted by atomic mass is 9.86. The van der Waals surface area contributed by atoms with Crippen molar-refractivity contribution in [3.8, 4) is 11.1 Å². The molecule has 4 rings (SSSR count). The Hall–Kier alpha value is -3.01. The number of amides is 2. The van der Waals surface area contributed by atoms with Crippen LogP contribution in [0.25, 0.3) is 11.1 Å². The van der Waals surface area contributed by atoms with Crippen molar-refractivity contribution >= 4 is 11.8 Å². The second-order valence-electron chi connectivity index (χ2n) is 9.94. The highest BCUT2D eigenvalue weighted by molar-refractivity contribution is 5.95. The van der Waals surface area contributed by atoms with Crippen LogP contribution in [0.3, 0.4) is 0 Å². The molecule has 0 spiro atoms. The molecule has 2 aliphatic heterocycles. The number of pyridine rings is 1. The molecule has 0 saturated carbocycles. The van der Waals surface area contributed by atoms with Gasteiger partial charge in [0.1, 0.15) is 0 Å². The molecule has 1 aromatic heterocycles. The van der Waals surface area contributed by atoms with Crippen molar-refractivity contribution in [2.24, 2.45) is 11.8 Å². The number of aromatic nitrogens is 1. The maximum absolute atomic E-state index is 13.6. The zero-order valence-electron chi connectivity index (χ0n) is 20.8. The van der Waals surface area contributed by atoms with Gasteiger partial charge in [0.2, 0.25) is 5.91 Å². The molecular weight excluding hydrogens is 446 g/mol. The van der Waals surface area contributed by atoms with Crippen molar-refractivity contribution in [1.82, 2.24) is 25.0 Å². The molecule has 0 unspecified atom stereocenters. The molecule has 1 saturated heterocycles. The highest BCUT2D eigenvalue weighted by Gasteiger charge is 2.50. The van der Waals surface area contributed by atoms with Gasteiger partial charge in [0.05, 0.1) is 12.0 Å². The molecule has 1 aromatic carbocycles. The van der Waals surface area contributed by atoms with E-state index in [1.54, 1.807) is 42.9 Å². The summed E-state index contributed by atoms with van der Waals surface area (Å²) in [6.45, 7) is 1.69. The predicted octanol–water partition coefficient (Wildman–Crippen LogP) is 0.536. The summed E-state index contributed by atoms with van der Waals surface area (Å²) in [6.07, 6.45) is 0.839. The quantitative estimate of drug-likeness (QED) is 0.475. The van der Waals surface area contributed by atoms with E-state index in [2.05, 4.69) is 15.5 Å². The van der Waals surface area contributed by atoms with Crippen molar-refractivity contribution in [2.75, 3.05) is 47.9 Å². The number of aliphatic hydroxyl groups is 1. The fourth-order valence-electron chi connectivity index (χ4n) is 5.27. The minimum atomic E-state index is -0.454. The van der Waals surface area contributed by atoms with Crippen LogP contribution in [0.5, 0.6) is 0 Å². The average molecular weight is 482 g/mol. The van der Waals surface area contributed by atoms with Crippen LogP contribution in [0, 0.1) is 11.8 Å². The Morgan fingerprint density at radius 1 is 1.17 bits per heavy atom. The highest BCUT2D eigenvalue weighted by atomic mass is 16.3. The Labute approximate surface area is 205 Å². The summed E-state index contributed by atoms with van der Waals surface area (Å²) in [4.78, 5) is 42.7. The van der Waals surface area contributed by atoms with E-state index in [-0.39, 0.29) is 42.0 Å². The molecule has 1 fully saturated rings. The predicted molar refractivity (Wildman–Crippen MR) is 134 cm³/mol. The molecule has 35 heavy (non-hydrogen) atoms. The molecular formula is C26H35N5O4. The first kappa shape index (κ1) is 25.1. The third-order valence-electron chi connectivity index (χ3n) is 7.06. The van der Waals surface area contributed by atoms with Crippen molar-refractivity contribution in [3.05, 3.63) is 58.0 Å². The van der Waals surface area contributed by atoms with Gasteiger partial charge in [-0.25, -0.2) is 0 Å². The summed E-state index contributed by atoms with van der Waals surface area (Å²) in [5.74, 6) is -0.956. The van der Waals surface area contributed by atoms with E-state index in [1.807, 2.05) is 26.2 Å². The monoisotopic (exact) mass is 481 g/mol. The summed E-state index contributed by atoms with van der Waals surface area (Å²) in [6, 6.07) is 10.2. The van der Waals surface area contributed by atoms with Crippen LogP contribution in [0.2, 0.25) is 0 Å². The lowest BCUT2D eigenvalue weighted by molar-refractivity contribution is -0.127. The van der Waals surface area contributed by atoms with Gasteiger partial charge in [-0.2, -0.15) is 0 Å². The van der Waals surface area contributed by atoms with Gasteiger partial charge in [-0.05, 0) is 56.9 Å². The van der Waals surface area contributed by atoms with E-state index in [0.717, 1.165) is 18.7 Å². The molecule has 2 bridgehead atoms. The molecule has 2 aromatic rings. The maximum Gasteiger partial charge on any atom is 0.258 e. The Morgan fingerprint density at radius 2 is 1.94 bits per heavy atom. The summed E-state index contributed by atoms with van der Waals surface area (Å²) in [5, 5.41) is 16.6. The molecule has 9 heteroatoms. The number of hydrogen-bond donors (Lipinski definition) is 3. The van der Waals surface area contributed by atoms with Gasteiger partial charge in [-0.15, -0.1) is 0 Å². The molecule has 0 radical (unpaired) electrons. The van der Waals surface area contributed by atoms with Crippen LogP contribution < -0.4 is 16.2 Å². The fourth-order valence-corrected chi connectivity index (χ4v) is 5.27. The number of nitrogens with one attached hydrogen (secondary N) is 2. The van der Waals surface area contributed by atoms with Gasteiger partial charge >= 0.3 is 0 Å². The normalized spacial score (nSPS) is 22.7. The molecule has 3 N–H and O–H groups in total. The first-order chi connectivity index (χ1) is 16.7. The third kappa shape index (κ3) is 4.89. The van der Waals surface area contributed by atoms with Crippen molar-refractivity contribution in [2.45, 2.75) is 25.0 Å². The first-order valence-corrected chi connectivity index (χ1v) is 12.1. The largest absolute Gasteiger partial charge is 0.396 e. The topological polar surface area (TPSA) is 107 Å². The molecule has 9 nitrogen and oxygen atoms in total. The first-order valence-electron chi connectivity index (χ1n) is 12.1. The molecule has 188 valence electrons. The zero-order chi connectivity index (χ0) is 25.3. The highest BCUT2D eigenvalue weighted by Crippen LogP contribution is 2.41. The standard InChI is InChI=1S/C26H35N5O4/c1-29(2)12-6-11-27-24(33)22-19(15-32)20-14-31-21(23(22)28-20)10-9-18(26(31)35)16-7-5-8-17(13-16)25(34)30(3)4/h5,7-10,13,19-20,22-23,28,32H,6,11-12,14-15H2,1-4H3,(H,27,33)/t19-,20-,22+,23+/m1/s1. The minimum Gasteiger partial charge on any atom is -0.396 e. The molecule has 3 heterocycles. The summed E-state index contributed by atoms with van der Waals surface area (Å²) < 4.78 is 1.73. The number of carbonyl (C=O) groups excluding carboxylic acids is 2. The maximum atomic E-state index is 13.6. The van der Waals surface area contributed by atoms with Gasteiger partial charge in [0, 0.05) is 62.6 Å². The van der Waals surface area contributed by atoms with Gasteiger partial charge < -0.3 is 30.1 Å². The molecule has 0 aliphatic carbocycles. The minimum absolute atomic E-state index is 0.0947. The van der Waals surface area contributed by atoms with Crippen LogP contribution >= 0.6 is 0 Å². The van der Waals surface area contributed by atoms with E-state index < -0.39 is 5.92 Å². The zero-order valence-corrected chi connectivity index (χ0v) is 20.8. The Bertz CT molecular complexity index is 1160. The lowest BCUT2D eigenvalue weighted by Crippen LogP contribution is -2.43. The third-order valence-corrected chi connectivity index (χ3v) is 7.06. The Kier molecular flexibility index (Phi) is 7.39. The van der Waals surface area contributed by atoms with Crippen LogP contribution in [0.4, 0.5) is 0 Å². The van der Waals surface area contributed by atoms with Crippen molar-refractivity contribution in [3.63, 3.8) is 0 Å². The van der Waals surface area contributed by atoms with Crippen molar-refractivity contribution < 1.29 is 14.7 Å². The number of hydrogen-bond acceptors (Lipinski definition) is 6. The van der Waals surface area contributed by atoms with Crippen LogP contribution in [-0.2, 0) is 11.3 Å². The summed E-state index contributed by atoms with van der Waals surface area (Å²) in [7, 11) is 7.37. The SMILES string of the molecule is CN(C)CCCNC(=O)[C@H]1[C@H](CO)[C@H]2Cn3c(ccc(-c4cccc(C(=O)N(C)C)c4)c3=O)[C@@H]1N2. The second-order valence-corrected chi connectivity index (χ2v) is 9.94. The van der Waals surface area contributed by atoms with Gasteiger partial charge in [0.15, 0.2) is 0 Å². The van der Waals surface area contributed by atoms with Gasteiger partial charge in [-0.3, -0.25) is 14.4 Å². The fraction of sp³-hybridized carbons (Fsp3) is 0.500. The summed E-state index contributed by atoms with van der Waals surface area (Å²) >= 11 is 0. The smallest absolute Gasteiger partial charge is 0.258 e. The number of nitrogens with zero attached hydrogens (tertiary/aromatic N) is 3. The number of aliphatic hydroxyl groups excluding tert-OH is 1. The summed E-state index contributed by atoms with van der Waals surface area (Å²) in [5.41, 5.74) is 2.30. The van der Waals surface area contributed by atoms with E-state index >= 15 is 0 Å². The van der Waals surface area contributed by atoms with Gasteiger partial charge in [0.25, 0.3) is 11.5 Å². The van der Waals surface area contributed by atoms with E-state index in [1.165, 1.54) is 4.90 Å². The number of carbonyl (C=O) groups is 2. The average Bonchev–Trinajstić information content (AvgIpc) is 3.14. The number of benzene rings is 1. The Balaban J connectivity index is 1.63. The number of fused-ring (bicyclic) bond motifs is 4.